The van der Waals surface area contributed by atoms with E-state index in [4.69, 9.17) is 4.74 Å². The lowest BCUT2D eigenvalue weighted by molar-refractivity contribution is 0.0210. The lowest BCUT2D eigenvalue weighted by Crippen LogP contribution is -2.47. The molecule has 0 aromatic heterocycles. The monoisotopic (exact) mass is 211 g/mol. The fourth-order valence-electron chi connectivity index (χ4n) is 2.35. The van der Waals surface area contributed by atoms with Crippen molar-refractivity contribution in [1.82, 2.24) is 10.2 Å². The second-order valence-corrected chi connectivity index (χ2v) is 4.77. The zero-order chi connectivity index (χ0) is 10.7. The van der Waals surface area contributed by atoms with Crippen molar-refractivity contribution in [1.29, 1.82) is 0 Å². The predicted molar refractivity (Wildman–Crippen MR) is 61.1 cm³/mol. The Morgan fingerprint density at radius 1 is 1.53 bits per heavy atom. The fraction of sp³-hybridized carbons (Fsp3) is 0.909. The molecule has 1 saturated carbocycles. The molecule has 1 fully saturated rings. The molecule has 1 aliphatic carbocycles. The number of ether oxygens (including phenoxy) is 1. The van der Waals surface area contributed by atoms with Gasteiger partial charge in [0.2, 0.25) is 0 Å². The van der Waals surface area contributed by atoms with Gasteiger partial charge in [-0.3, -0.25) is 4.99 Å². The van der Waals surface area contributed by atoms with Gasteiger partial charge in [-0.2, -0.15) is 0 Å². The third-order valence-electron chi connectivity index (χ3n) is 3.54. The Bertz CT molecular complexity index is 248. The number of methoxy groups -OCH3 is 1. The maximum absolute atomic E-state index is 5.30. The third-order valence-corrected chi connectivity index (χ3v) is 3.54. The Kier molecular flexibility index (Phi) is 3.14. The Hall–Kier alpha value is -0.770. The molecule has 86 valence electrons. The molecule has 1 N–H and O–H groups in total. The summed E-state index contributed by atoms with van der Waals surface area (Å²) in [7, 11) is 3.88. The van der Waals surface area contributed by atoms with Gasteiger partial charge in [-0.25, -0.2) is 0 Å². The van der Waals surface area contributed by atoms with E-state index in [-0.39, 0.29) is 0 Å². The summed E-state index contributed by atoms with van der Waals surface area (Å²) in [5.41, 5.74) is 0.376. The maximum Gasteiger partial charge on any atom is 0.193 e. The van der Waals surface area contributed by atoms with Gasteiger partial charge >= 0.3 is 0 Å². The van der Waals surface area contributed by atoms with Crippen molar-refractivity contribution >= 4 is 5.96 Å². The number of nitrogens with zero attached hydrogens (tertiary/aromatic N) is 2. The molecule has 0 aromatic carbocycles. The van der Waals surface area contributed by atoms with Crippen LogP contribution in [-0.4, -0.2) is 51.3 Å². The van der Waals surface area contributed by atoms with Gasteiger partial charge in [0, 0.05) is 32.7 Å². The molecule has 4 heteroatoms. The van der Waals surface area contributed by atoms with Gasteiger partial charge in [-0.05, 0) is 12.8 Å². The van der Waals surface area contributed by atoms with Crippen LogP contribution in [0.3, 0.4) is 0 Å². The molecule has 0 bridgehead atoms. The summed E-state index contributed by atoms with van der Waals surface area (Å²) in [6, 6.07) is 0. The Morgan fingerprint density at radius 2 is 2.33 bits per heavy atom. The number of guanidine groups is 1. The molecule has 4 nitrogen and oxygen atoms in total. The summed E-state index contributed by atoms with van der Waals surface area (Å²) >= 11 is 0. The van der Waals surface area contributed by atoms with Crippen LogP contribution in [0.4, 0.5) is 0 Å². The van der Waals surface area contributed by atoms with E-state index in [1.54, 1.807) is 7.11 Å². The van der Waals surface area contributed by atoms with Crippen molar-refractivity contribution in [2.45, 2.75) is 19.3 Å². The topological polar surface area (TPSA) is 36.9 Å². The minimum absolute atomic E-state index is 0.376. The smallest absolute Gasteiger partial charge is 0.193 e. The molecule has 1 heterocycles. The molecule has 1 aliphatic heterocycles. The van der Waals surface area contributed by atoms with Crippen LogP contribution in [-0.2, 0) is 4.74 Å². The zero-order valence-electron chi connectivity index (χ0n) is 9.75. The highest BCUT2D eigenvalue weighted by atomic mass is 16.5. The van der Waals surface area contributed by atoms with Gasteiger partial charge in [-0.15, -0.1) is 0 Å². The number of hydrogen-bond acceptors (Lipinski definition) is 4. The van der Waals surface area contributed by atoms with Gasteiger partial charge in [-0.1, -0.05) is 6.42 Å². The van der Waals surface area contributed by atoms with E-state index < -0.39 is 0 Å². The highest BCUT2D eigenvalue weighted by molar-refractivity contribution is 5.81. The first kappa shape index (κ1) is 10.7. The average Bonchev–Trinajstić information content (AvgIpc) is 2.56. The fourth-order valence-corrected chi connectivity index (χ4v) is 2.35. The van der Waals surface area contributed by atoms with E-state index in [2.05, 4.69) is 22.3 Å². The van der Waals surface area contributed by atoms with Crippen LogP contribution in [0.2, 0.25) is 0 Å². The molecule has 0 saturated heterocycles. The molecule has 0 unspecified atom stereocenters. The van der Waals surface area contributed by atoms with Gasteiger partial charge in [0.05, 0.1) is 13.2 Å². The molecule has 2 aliphatic rings. The summed E-state index contributed by atoms with van der Waals surface area (Å²) in [4.78, 5) is 6.61. The SMILES string of the molecule is COCC1(CNC2=NCCN2C)CCC1. The highest BCUT2D eigenvalue weighted by Crippen LogP contribution is 2.40. The van der Waals surface area contributed by atoms with Crippen molar-refractivity contribution in [2.75, 3.05) is 40.4 Å². The number of likely N-dealkylation sites (N-methyl/N-ethyl adjacent to an activating group) is 1. The van der Waals surface area contributed by atoms with Crippen LogP contribution in [0.25, 0.3) is 0 Å². The standard InChI is InChI=1S/C11H21N3O/c1-14-7-6-12-10(14)13-8-11(9-15-2)4-3-5-11/h3-9H2,1-2H3,(H,12,13). The van der Waals surface area contributed by atoms with Crippen LogP contribution < -0.4 is 5.32 Å². The molecule has 0 spiro atoms. The van der Waals surface area contributed by atoms with Gasteiger partial charge in [0.25, 0.3) is 0 Å². The Labute approximate surface area is 91.7 Å². The number of hydrogen-bond donors (Lipinski definition) is 1. The van der Waals surface area contributed by atoms with Crippen LogP contribution in [0.15, 0.2) is 4.99 Å². The molecule has 2 rings (SSSR count). The molecule has 0 aromatic rings. The number of nitrogens with one attached hydrogen (secondary N) is 1. The van der Waals surface area contributed by atoms with Gasteiger partial charge < -0.3 is 15.0 Å². The van der Waals surface area contributed by atoms with E-state index in [1.165, 1.54) is 19.3 Å². The number of rotatable bonds is 4. The first-order chi connectivity index (χ1) is 7.26. The van der Waals surface area contributed by atoms with Crippen LogP contribution in [0.1, 0.15) is 19.3 Å². The van der Waals surface area contributed by atoms with Crippen molar-refractivity contribution in [3.63, 3.8) is 0 Å². The molecule has 0 radical (unpaired) electrons. The Morgan fingerprint density at radius 3 is 2.80 bits per heavy atom. The van der Waals surface area contributed by atoms with Crippen molar-refractivity contribution in [3.05, 3.63) is 0 Å². The minimum atomic E-state index is 0.376. The van der Waals surface area contributed by atoms with Crippen LogP contribution in [0.5, 0.6) is 0 Å². The van der Waals surface area contributed by atoms with E-state index in [0.717, 1.165) is 32.2 Å². The first-order valence-electron chi connectivity index (χ1n) is 5.74. The molecular weight excluding hydrogens is 190 g/mol. The highest BCUT2D eigenvalue weighted by Gasteiger charge is 2.37. The van der Waals surface area contributed by atoms with E-state index >= 15 is 0 Å². The summed E-state index contributed by atoms with van der Waals surface area (Å²) < 4.78 is 5.30. The van der Waals surface area contributed by atoms with Crippen LogP contribution >= 0.6 is 0 Å². The quantitative estimate of drug-likeness (QED) is 0.743. The summed E-state index contributed by atoms with van der Waals surface area (Å²) in [5, 5.41) is 3.45. The lowest BCUT2D eigenvalue weighted by Gasteiger charge is -2.41. The Balaban J connectivity index is 1.81. The average molecular weight is 211 g/mol. The van der Waals surface area contributed by atoms with Gasteiger partial charge in [0.15, 0.2) is 5.96 Å². The summed E-state index contributed by atoms with van der Waals surface area (Å²) in [6.07, 6.45) is 3.91. The second kappa shape index (κ2) is 4.39. The normalized spacial score (nSPS) is 23.6. The molecule has 0 amide bonds. The summed E-state index contributed by atoms with van der Waals surface area (Å²) in [6.45, 7) is 3.84. The maximum atomic E-state index is 5.30. The van der Waals surface area contributed by atoms with E-state index in [0.29, 0.717) is 5.41 Å². The third kappa shape index (κ3) is 2.25. The van der Waals surface area contributed by atoms with Gasteiger partial charge in [0.1, 0.15) is 0 Å². The van der Waals surface area contributed by atoms with E-state index in [1.807, 2.05) is 0 Å². The van der Waals surface area contributed by atoms with Crippen molar-refractivity contribution in [3.8, 4) is 0 Å². The lowest BCUT2D eigenvalue weighted by atomic mass is 9.69. The second-order valence-electron chi connectivity index (χ2n) is 4.77. The van der Waals surface area contributed by atoms with Crippen molar-refractivity contribution < 1.29 is 4.74 Å². The molecular formula is C11H21N3O. The zero-order valence-corrected chi connectivity index (χ0v) is 9.75. The van der Waals surface area contributed by atoms with Crippen molar-refractivity contribution in [2.24, 2.45) is 10.4 Å². The molecule has 15 heavy (non-hydrogen) atoms. The van der Waals surface area contributed by atoms with Crippen LogP contribution in [0, 0.1) is 5.41 Å². The first-order valence-corrected chi connectivity index (χ1v) is 5.74. The summed E-state index contributed by atoms with van der Waals surface area (Å²) in [5.74, 6) is 1.05. The predicted octanol–water partition coefficient (Wildman–Crippen LogP) is 0.694. The van der Waals surface area contributed by atoms with E-state index in [9.17, 15) is 0 Å². The largest absolute Gasteiger partial charge is 0.384 e. The number of aliphatic imine (C=N–C) groups is 1. The minimum Gasteiger partial charge on any atom is -0.384 e. The molecule has 0 atom stereocenters.